The first-order chi connectivity index (χ1) is 9.56. The van der Waals surface area contributed by atoms with Crippen LogP contribution in [0.4, 0.5) is 17.5 Å². The third-order valence-corrected chi connectivity index (χ3v) is 2.77. The molecule has 0 spiro atoms. The Morgan fingerprint density at radius 1 is 1.45 bits per heavy atom. The van der Waals surface area contributed by atoms with Crippen LogP contribution >= 0.6 is 0 Å². The van der Waals surface area contributed by atoms with Crippen molar-refractivity contribution in [1.29, 1.82) is 0 Å². The van der Waals surface area contributed by atoms with Gasteiger partial charge in [0.25, 0.3) is 0 Å². The van der Waals surface area contributed by atoms with Crippen molar-refractivity contribution in [2.45, 2.75) is 13.3 Å². The van der Waals surface area contributed by atoms with Gasteiger partial charge in [0, 0.05) is 6.54 Å². The zero-order valence-corrected chi connectivity index (χ0v) is 11.0. The van der Waals surface area contributed by atoms with E-state index < -0.39 is 4.92 Å². The second-order valence-electron chi connectivity index (χ2n) is 4.38. The number of hydrogen-bond donors (Lipinski definition) is 2. The van der Waals surface area contributed by atoms with Gasteiger partial charge in [-0.25, -0.2) is 4.98 Å². The fourth-order valence-corrected chi connectivity index (χ4v) is 1.85. The van der Waals surface area contributed by atoms with Gasteiger partial charge in [-0.2, -0.15) is 4.98 Å². The van der Waals surface area contributed by atoms with Crippen LogP contribution in [-0.4, -0.2) is 21.4 Å². The zero-order valence-electron chi connectivity index (χ0n) is 11.0. The molecule has 7 heteroatoms. The SMILES string of the molecule is Cc1cccc(CCNc2nc(N)ncc2[N+](=O)[O-])c1. The van der Waals surface area contributed by atoms with Gasteiger partial charge >= 0.3 is 5.69 Å². The Bertz CT molecular complexity index is 630. The van der Waals surface area contributed by atoms with Gasteiger partial charge in [0.05, 0.1) is 4.92 Å². The molecule has 0 aliphatic heterocycles. The lowest BCUT2D eigenvalue weighted by molar-refractivity contribution is -0.384. The van der Waals surface area contributed by atoms with Crippen molar-refractivity contribution in [3.63, 3.8) is 0 Å². The Labute approximate surface area is 116 Å². The Hall–Kier alpha value is -2.70. The molecular weight excluding hydrogens is 258 g/mol. The number of hydrogen-bond acceptors (Lipinski definition) is 6. The first-order valence-electron chi connectivity index (χ1n) is 6.12. The number of nitrogen functional groups attached to an aromatic ring is 1. The standard InChI is InChI=1S/C13H15N5O2/c1-9-3-2-4-10(7-9)5-6-15-12-11(18(19)20)8-16-13(14)17-12/h2-4,7-8H,5-6H2,1H3,(H3,14,15,16,17). The molecule has 0 amide bonds. The summed E-state index contributed by atoms with van der Waals surface area (Å²) in [4.78, 5) is 17.8. The van der Waals surface area contributed by atoms with Crippen LogP contribution in [0.1, 0.15) is 11.1 Å². The summed E-state index contributed by atoms with van der Waals surface area (Å²) < 4.78 is 0. The molecule has 0 saturated carbocycles. The average Bonchev–Trinajstić information content (AvgIpc) is 2.38. The fraction of sp³-hybridized carbons (Fsp3) is 0.231. The van der Waals surface area contributed by atoms with Crippen LogP contribution in [0.5, 0.6) is 0 Å². The van der Waals surface area contributed by atoms with E-state index in [0.29, 0.717) is 6.54 Å². The van der Waals surface area contributed by atoms with Crippen LogP contribution in [0.3, 0.4) is 0 Å². The van der Waals surface area contributed by atoms with E-state index in [4.69, 9.17) is 5.73 Å². The van der Waals surface area contributed by atoms with Crippen LogP contribution in [0.15, 0.2) is 30.5 Å². The second-order valence-corrected chi connectivity index (χ2v) is 4.38. The van der Waals surface area contributed by atoms with Crippen LogP contribution < -0.4 is 11.1 Å². The molecule has 1 aromatic carbocycles. The zero-order chi connectivity index (χ0) is 14.5. The van der Waals surface area contributed by atoms with Gasteiger partial charge in [-0.1, -0.05) is 29.8 Å². The minimum atomic E-state index is -0.533. The highest BCUT2D eigenvalue weighted by atomic mass is 16.6. The molecule has 0 fully saturated rings. The van der Waals surface area contributed by atoms with Gasteiger partial charge in [0.15, 0.2) is 0 Å². The van der Waals surface area contributed by atoms with Crippen LogP contribution in [0, 0.1) is 17.0 Å². The summed E-state index contributed by atoms with van der Waals surface area (Å²) in [6.07, 6.45) is 1.85. The second kappa shape index (κ2) is 5.96. The number of nitrogens with two attached hydrogens (primary N) is 1. The molecule has 7 nitrogen and oxygen atoms in total. The Morgan fingerprint density at radius 3 is 2.95 bits per heavy atom. The van der Waals surface area contributed by atoms with Gasteiger partial charge < -0.3 is 11.1 Å². The molecule has 1 heterocycles. The summed E-state index contributed by atoms with van der Waals surface area (Å²) in [6.45, 7) is 2.55. The summed E-state index contributed by atoms with van der Waals surface area (Å²) in [7, 11) is 0. The van der Waals surface area contributed by atoms with Gasteiger partial charge in [-0.3, -0.25) is 10.1 Å². The normalized spacial score (nSPS) is 10.2. The molecule has 0 saturated heterocycles. The minimum Gasteiger partial charge on any atom is -0.368 e. The summed E-state index contributed by atoms with van der Waals surface area (Å²) in [5, 5.41) is 13.8. The molecule has 0 aliphatic rings. The smallest absolute Gasteiger partial charge is 0.329 e. The van der Waals surface area contributed by atoms with Crippen molar-refractivity contribution in [1.82, 2.24) is 9.97 Å². The van der Waals surface area contributed by atoms with Gasteiger partial charge in [-0.05, 0) is 18.9 Å². The molecule has 3 N–H and O–H groups in total. The van der Waals surface area contributed by atoms with E-state index in [1.807, 2.05) is 25.1 Å². The van der Waals surface area contributed by atoms with Gasteiger partial charge in [-0.15, -0.1) is 0 Å². The van der Waals surface area contributed by atoms with Crippen molar-refractivity contribution in [2.24, 2.45) is 0 Å². The number of aryl methyl sites for hydroxylation is 1. The summed E-state index contributed by atoms with van der Waals surface area (Å²) in [6, 6.07) is 8.09. The van der Waals surface area contributed by atoms with E-state index in [0.717, 1.165) is 18.2 Å². The third-order valence-electron chi connectivity index (χ3n) is 2.77. The number of rotatable bonds is 5. The summed E-state index contributed by atoms with van der Waals surface area (Å²) in [5.74, 6) is 0.156. The highest BCUT2D eigenvalue weighted by Gasteiger charge is 2.15. The number of nitrogens with zero attached hydrogens (tertiary/aromatic N) is 3. The lowest BCUT2D eigenvalue weighted by Gasteiger charge is -2.07. The van der Waals surface area contributed by atoms with Crippen molar-refractivity contribution in [3.05, 3.63) is 51.7 Å². The van der Waals surface area contributed by atoms with Crippen LogP contribution in [-0.2, 0) is 6.42 Å². The van der Waals surface area contributed by atoms with Crippen molar-refractivity contribution < 1.29 is 4.92 Å². The molecular formula is C13H15N5O2. The lowest BCUT2D eigenvalue weighted by Crippen LogP contribution is -2.10. The third kappa shape index (κ3) is 3.41. The topological polar surface area (TPSA) is 107 Å². The first-order valence-corrected chi connectivity index (χ1v) is 6.12. The Morgan fingerprint density at radius 2 is 2.25 bits per heavy atom. The number of benzene rings is 1. The van der Waals surface area contributed by atoms with E-state index in [1.165, 1.54) is 5.56 Å². The van der Waals surface area contributed by atoms with Crippen LogP contribution in [0.2, 0.25) is 0 Å². The van der Waals surface area contributed by atoms with Crippen molar-refractivity contribution in [3.8, 4) is 0 Å². The molecule has 1 aromatic heterocycles. The monoisotopic (exact) mass is 273 g/mol. The van der Waals surface area contributed by atoms with E-state index in [9.17, 15) is 10.1 Å². The molecule has 20 heavy (non-hydrogen) atoms. The predicted octanol–water partition coefficient (Wildman–Crippen LogP) is 1.93. The maximum atomic E-state index is 10.9. The van der Waals surface area contributed by atoms with Crippen molar-refractivity contribution in [2.75, 3.05) is 17.6 Å². The highest BCUT2D eigenvalue weighted by molar-refractivity contribution is 5.56. The molecule has 0 bridgehead atoms. The number of anilines is 2. The van der Waals surface area contributed by atoms with E-state index in [1.54, 1.807) is 0 Å². The predicted molar refractivity (Wildman–Crippen MR) is 76.5 cm³/mol. The minimum absolute atomic E-state index is 0.00801. The maximum absolute atomic E-state index is 10.9. The van der Waals surface area contributed by atoms with E-state index >= 15 is 0 Å². The fourth-order valence-electron chi connectivity index (χ4n) is 1.85. The molecule has 0 unspecified atom stereocenters. The summed E-state index contributed by atoms with van der Waals surface area (Å²) in [5.41, 5.74) is 7.60. The van der Waals surface area contributed by atoms with E-state index in [-0.39, 0.29) is 17.5 Å². The largest absolute Gasteiger partial charge is 0.368 e. The summed E-state index contributed by atoms with van der Waals surface area (Å²) >= 11 is 0. The average molecular weight is 273 g/mol. The molecule has 104 valence electrons. The Kier molecular flexibility index (Phi) is 4.09. The Balaban J connectivity index is 2.04. The molecule has 2 aromatic rings. The van der Waals surface area contributed by atoms with E-state index in [2.05, 4.69) is 21.4 Å². The van der Waals surface area contributed by atoms with Crippen molar-refractivity contribution >= 4 is 17.5 Å². The molecule has 0 radical (unpaired) electrons. The highest BCUT2D eigenvalue weighted by Crippen LogP contribution is 2.20. The molecule has 2 rings (SSSR count). The van der Waals surface area contributed by atoms with Crippen LogP contribution in [0.25, 0.3) is 0 Å². The first kappa shape index (κ1) is 13.7. The number of aromatic nitrogens is 2. The molecule has 0 atom stereocenters. The number of nitro groups is 1. The lowest BCUT2D eigenvalue weighted by atomic mass is 10.1. The van der Waals surface area contributed by atoms with Gasteiger partial charge in [0.2, 0.25) is 11.8 Å². The molecule has 0 aliphatic carbocycles. The van der Waals surface area contributed by atoms with Gasteiger partial charge in [0.1, 0.15) is 6.20 Å². The quantitative estimate of drug-likeness (QED) is 0.636. The number of nitrogens with one attached hydrogen (secondary N) is 1. The maximum Gasteiger partial charge on any atom is 0.329 e.